The number of carbonyl (C=O) groups excluding carboxylic acids is 1. The van der Waals surface area contributed by atoms with E-state index in [4.69, 9.17) is 0 Å². The third-order valence-corrected chi connectivity index (χ3v) is 5.71. The molecule has 0 saturated carbocycles. The zero-order valence-corrected chi connectivity index (χ0v) is 17.3. The first-order valence-electron chi connectivity index (χ1n) is 9.04. The van der Waals surface area contributed by atoms with Crippen LogP contribution in [0.15, 0.2) is 65.7 Å². The maximum absolute atomic E-state index is 12.7. The fourth-order valence-electron chi connectivity index (χ4n) is 2.85. The highest BCUT2D eigenvalue weighted by molar-refractivity contribution is 7.90. The van der Waals surface area contributed by atoms with Crippen LogP contribution < -0.4 is 10.0 Å². The largest absolute Gasteiger partial charge is 0.348 e. The smallest absolute Gasteiger partial charge is 0.251 e. The number of nitrogens with zero attached hydrogens (tertiary/aromatic N) is 1. The molecule has 1 amide bonds. The van der Waals surface area contributed by atoms with Gasteiger partial charge in [-0.05, 0) is 42.3 Å². The van der Waals surface area contributed by atoms with Gasteiger partial charge in [0.2, 0.25) is 11.9 Å². The lowest BCUT2D eigenvalue weighted by molar-refractivity contribution is -0.909. The second kappa shape index (κ2) is 8.05. The van der Waals surface area contributed by atoms with Gasteiger partial charge in [0.15, 0.2) is 9.84 Å². The number of hydrogen-bond donors (Lipinski definition) is 2. The van der Waals surface area contributed by atoms with Gasteiger partial charge in [-0.15, -0.1) is 0 Å². The number of hydrogen-bond acceptors (Lipinski definition) is 4. The summed E-state index contributed by atoms with van der Waals surface area (Å²) in [6.07, 6.45) is 2.63. The van der Waals surface area contributed by atoms with Gasteiger partial charge in [0, 0.05) is 41.6 Å². The molecule has 0 saturated heterocycles. The molecule has 0 atom stereocenters. The number of sulfone groups is 1. The molecular weight excluding hydrogens is 388 g/mol. The first kappa shape index (κ1) is 20.5. The molecular formula is C22H23N2O4S+. The van der Waals surface area contributed by atoms with Gasteiger partial charge in [-0.2, -0.15) is 0 Å². The first-order valence-corrected chi connectivity index (χ1v) is 10.9. The average Bonchev–Trinajstić information content (AvgIpc) is 2.68. The Morgan fingerprint density at radius 3 is 2.31 bits per heavy atom. The Balaban J connectivity index is 1.92. The van der Waals surface area contributed by atoms with Crippen molar-refractivity contribution in [3.8, 4) is 11.1 Å². The second-order valence-electron chi connectivity index (χ2n) is 7.09. The number of amides is 1. The Hall–Kier alpha value is -3.19. The van der Waals surface area contributed by atoms with Gasteiger partial charge in [-0.1, -0.05) is 29.8 Å². The number of aromatic nitrogens is 1. The third-order valence-electron chi connectivity index (χ3n) is 4.62. The highest BCUT2D eigenvalue weighted by Crippen LogP contribution is 2.25. The molecule has 0 aliphatic rings. The van der Waals surface area contributed by atoms with E-state index in [9.17, 15) is 18.4 Å². The Morgan fingerprint density at radius 1 is 1.00 bits per heavy atom. The maximum Gasteiger partial charge on any atom is 0.251 e. The number of pyridine rings is 1. The molecule has 150 valence electrons. The van der Waals surface area contributed by atoms with Crippen LogP contribution in [0.5, 0.6) is 0 Å². The quantitative estimate of drug-likeness (QED) is 0.499. The minimum atomic E-state index is -3.49. The number of carbonyl (C=O) groups is 1. The lowest BCUT2D eigenvalue weighted by Crippen LogP contribution is -2.34. The predicted molar refractivity (Wildman–Crippen MR) is 109 cm³/mol. The third kappa shape index (κ3) is 5.00. The molecule has 7 heteroatoms. The van der Waals surface area contributed by atoms with E-state index in [0.29, 0.717) is 16.8 Å². The summed E-state index contributed by atoms with van der Waals surface area (Å²) in [7, 11) is -3.49. The van der Waals surface area contributed by atoms with E-state index in [1.807, 2.05) is 31.2 Å². The van der Waals surface area contributed by atoms with E-state index >= 15 is 0 Å². The van der Waals surface area contributed by atoms with Gasteiger partial charge in [0.25, 0.3) is 5.91 Å². The van der Waals surface area contributed by atoms with Crippen molar-refractivity contribution in [2.24, 2.45) is 0 Å². The Kier molecular flexibility index (Phi) is 5.70. The molecule has 0 unspecified atom stereocenters. The van der Waals surface area contributed by atoms with E-state index in [-0.39, 0.29) is 17.0 Å². The number of rotatable bonds is 5. The summed E-state index contributed by atoms with van der Waals surface area (Å²) in [6.45, 7) is 3.92. The fourth-order valence-corrected chi connectivity index (χ4v) is 3.53. The summed E-state index contributed by atoms with van der Waals surface area (Å²) in [5, 5.41) is 12.5. The molecule has 2 aromatic carbocycles. The summed E-state index contributed by atoms with van der Waals surface area (Å²) in [5.74, 6) is -0.395. The molecule has 3 aromatic rings. The lowest BCUT2D eigenvalue weighted by Gasteiger charge is -2.10. The molecule has 0 aliphatic heterocycles. The molecule has 6 nitrogen and oxygen atoms in total. The second-order valence-corrected chi connectivity index (χ2v) is 9.11. The van der Waals surface area contributed by atoms with Crippen LogP contribution in [-0.4, -0.2) is 25.8 Å². The Morgan fingerprint density at radius 2 is 1.69 bits per heavy atom. The number of benzene rings is 2. The molecule has 0 spiro atoms. The van der Waals surface area contributed by atoms with Gasteiger partial charge >= 0.3 is 0 Å². The summed E-state index contributed by atoms with van der Waals surface area (Å²) in [4.78, 5) is 12.8. The van der Waals surface area contributed by atoms with Crippen LogP contribution in [0.3, 0.4) is 0 Å². The van der Waals surface area contributed by atoms with Crippen molar-refractivity contribution in [2.75, 3.05) is 6.26 Å². The number of nitrogens with one attached hydrogen (secondary N) is 1. The van der Waals surface area contributed by atoms with Crippen LogP contribution >= 0.6 is 0 Å². The van der Waals surface area contributed by atoms with Crippen LogP contribution in [0, 0.1) is 13.8 Å². The van der Waals surface area contributed by atoms with Crippen molar-refractivity contribution in [1.82, 2.24) is 5.32 Å². The molecule has 0 aliphatic carbocycles. The molecule has 1 heterocycles. The van der Waals surface area contributed by atoms with Crippen molar-refractivity contribution >= 4 is 15.7 Å². The van der Waals surface area contributed by atoms with Gasteiger partial charge in [0.05, 0.1) is 4.90 Å². The molecule has 2 N–H and O–H groups in total. The standard InChI is InChI=1S/C22H22N2O4S/c1-15-4-8-18(9-5-15)19-10-20(12-21(11-19)29(3,27)28)22(25)23-13-17-7-6-16(2)24(26)14-17/h4-12,14H,13H2,1-3H3,(H-,23,25,26)/p+1. The molecule has 0 fully saturated rings. The van der Waals surface area contributed by atoms with Crippen LogP contribution in [-0.2, 0) is 16.4 Å². The van der Waals surface area contributed by atoms with E-state index in [1.54, 1.807) is 31.2 Å². The highest BCUT2D eigenvalue weighted by Gasteiger charge is 2.16. The monoisotopic (exact) mass is 411 g/mol. The van der Waals surface area contributed by atoms with Gasteiger partial charge in [0.1, 0.15) is 0 Å². The Labute approximate surface area is 170 Å². The van der Waals surface area contributed by atoms with Crippen LogP contribution in [0.25, 0.3) is 11.1 Å². The summed E-state index contributed by atoms with van der Waals surface area (Å²) >= 11 is 0. The minimum Gasteiger partial charge on any atom is -0.348 e. The van der Waals surface area contributed by atoms with E-state index in [2.05, 4.69) is 5.32 Å². The average molecular weight is 412 g/mol. The predicted octanol–water partition coefficient (Wildman–Crippen LogP) is 2.83. The van der Waals surface area contributed by atoms with Crippen molar-refractivity contribution in [2.45, 2.75) is 25.3 Å². The summed E-state index contributed by atoms with van der Waals surface area (Å²) in [5.41, 5.74) is 4.21. The summed E-state index contributed by atoms with van der Waals surface area (Å²) in [6, 6.07) is 15.8. The maximum atomic E-state index is 12.7. The first-order chi connectivity index (χ1) is 13.6. The lowest BCUT2D eigenvalue weighted by atomic mass is 10.0. The molecule has 0 bridgehead atoms. The fraction of sp³-hybridized carbons (Fsp3) is 0.182. The van der Waals surface area contributed by atoms with Gasteiger partial charge in [-0.25, -0.2) is 8.42 Å². The molecule has 3 rings (SSSR count). The van der Waals surface area contributed by atoms with Crippen molar-refractivity contribution in [3.63, 3.8) is 0 Å². The Bertz CT molecular complexity index is 1170. The van der Waals surface area contributed by atoms with Gasteiger partial charge in [-0.3, -0.25) is 10.0 Å². The van der Waals surface area contributed by atoms with Gasteiger partial charge < -0.3 is 5.32 Å². The van der Waals surface area contributed by atoms with E-state index in [0.717, 1.165) is 22.1 Å². The topological polar surface area (TPSA) is 87.3 Å². The normalized spacial score (nSPS) is 11.3. The highest BCUT2D eigenvalue weighted by atomic mass is 32.2. The SMILES string of the molecule is Cc1ccc(-c2cc(C(=O)NCc3ccc(C)[n+](O)c3)cc(S(C)(=O)=O)c2)cc1. The van der Waals surface area contributed by atoms with Crippen molar-refractivity contribution < 1.29 is 23.1 Å². The molecule has 1 aromatic heterocycles. The van der Waals surface area contributed by atoms with Crippen molar-refractivity contribution in [3.05, 3.63) is 83.2 Å². The van der Waals surface area contributed by atoms with Crippen molar-refractivity contribution in [1.29, 1.82) is 0 Å². The molecule has 0 radical (unpaired) electrons. The van der Waals surface area contributed by atoms with E-state index in [1.165, 1.54) is 12.3 Å². The van der Waals surface area contributed by atoms with Crippen LogP contribution in [0.1, 0.15) is 27.2 Å². The summed E-state index contributed by atoms with van der Waals surface area (Å²) < 4.78 is 25.3. The molecule has 29 heavy (non-hydrogen) atoms. The van der Waals surface area contributed by atoms with Crippen LogP contribution in [0.2, 0.25) is 0 Å². The van der Waals surface area contributed by atoms with Crippen LogP contribution in [0.4, 0.5) is 0 Å². The minimum absolute atomic E-state index is 0.0873. The van der Waals surface area contributed by atoms with E-state index < -0.39 is 15.7 Å². The zero-order valence-electron chi connectivity index (χ0n) is 16.5. The number of aryl methyl sites for hydroxylation is 2. The zero-order chi connectivity index (χ0) is 21.2.